The van der Waals surface area contributed by atoms with E-state index in [1.54, 1.807) is 0 Å². The summed E-state index contributed by atoms with van der Waals surface area (Å²) >= 11 is 2.96. The van der Waals surface area contributed by atoms with Gasteiger partial charge in [-0.3, -0.25) is 0 Å². The predicted molar refractivity (Wildman–Crippen MR) is 178 cm³/mol. The number of hydrogen-bond acceptors (Lipinski definition) is 6. The van der Waals surface area contributed by atoms with E-state index < -0.39 is 68.0 Å². The van der Waals surface area contributed by atoms with Crippen LogP contribution in [0.15, 0.2) is 40.9 Å². The van der Waals surface area contributed by atoms with Crippen molar-refractivity contribution in [2.75, 3.05) is 0 Å². The molecule has 0 radical (unpaired) electrons. The van der Waals surface area contributed by atoms with E-state index in [9.17, 15) is 26.3 Å². The SMILES string of the molecule is CC1(C)OB(B2OC(C)(C)C(C)(C)O2)OC1(C)C.CC1(C)OB(c2ccc(F)c(C(F)F)c2)OC1(C)C.Fc1ccc(Br)cc1C(F)F. The van der Waals surface area contributed by atoms with Crippen molar-refractivity contribution in [2.45, 2.75) is 130 Å². The highest BCUT2D eigenvalue weighted by Gasteiger charge is 2.63. The second-order valence-electron chi connectivity index (χ2n) is 14.9. The van der Waals surface area contributed by atoms with Gasteiger partial charge < -0.3 is 27.9 Å². The molecule has 2 aromatic carbocycles. The molecule has 0 saturated carbocycles. The summed E-state index contributed by atoms with van der Waals surface area (Å²) in [6.07, 6.45) is -5.62. The van der Waals surface area contributed by atoms with Crippen molar-refractivity contribution in [3.63, 3.8) is 0 Å². The fourth-order valence-electron chi connectivity index (χ4n) is 4.54. The standard InChI is InChI=1S/C13H16BF3O2.C12H24B2O4.C7H4BrF3/c1-12(2)13(3,4)19-14(18-12)8-5-6-10(15)9(7-8)11(16)17;1-9(2)10(3,4)16-13(15-9)14-17-11(5,6)12(7,8)18-14;8-4-1-2-6(9)5(3-4)7(10)11/h5-7,11H,1-4H3;1-8H3;1-3,7H. The molecule has 5 rings (SSSR count). The number of hydrogen-bond donors (Lipinski definition) is 0. The molecular formula is C32H44B3BrF6O6. The first-order chi connectivity index (χ1) is 21.6. The highest BCUT2D eigenvalue weighted by Crippen LogP contribution is 2.43. The third-order valence-corrected chi connectivity index (χ3v) is 10.2. The van der Waals surface area contributed by atoms with E-state index >= 15 is 0 Å². The number of halogens is 7. The van der Waals surface area contributed by atoms with E-state index in [1.807, 2.05) is 83.1 Å². The summed E-state index contributed by atoms with van der Waals surface area (Å²) < 4.78 is 111. The number of alkyl halides is 4. The average molecular weight is 751 g/mol. The predicted octanol–water partition coefficient (Wildman–Crippen LogP) is 8.84. The molecule has 0 aliphatic carbocycles. The van der Waals surface area contributed by atoms with E-state index in [2.05, 4.69) is 15.9 Å². The molecule has 3 fully saturated rings. The Morgan fingerprint density at radius 1 is 0.500 bits per heavy atom. The van der Waals surface area contributed by atoms with Gasteiger partial charge in [-0.15, -0.1) is 0 Å². The van der Waals surface area contributed by atoms with Gasteiger partial charge in [0.1, 0.15) is 11.6 Å². The molecule has 0 amide bonds. The molecular weight excluding hydrogens is 707 g/mol. The highest BCUT2D eigenvalue weighted by molar-refractivity contribution is 9.10. The average Bonchev–Trinajstić information content (AvgIpc) is 3.39. The van der Waals surface area contributed by atoms with Crippen molar-refractivity contribution in [1.82, 2.24) is 0 Å². The Labute approximate surface area is 289 Å². The molecule has 3 saturated heterocycles. The van der Waals surface area contributed by atoms with Crippen LogP contribution in [0.2, 0.25) is 0 Å². The van der Waals surface area contributed by atoms with Crippen molar-refractivity contribution in [2.24, 2.45) is 0 Å². The Kier molecular flexibility index (Phi) is 12.1. The van der Waals surface area contributed by atoms with Gasteiger partial charge >= 0.3 is 21.1 Å². The summed E-state index contributed by atoms with van der Waals surface area (Å²) in [5.74, 6) is -1.79. The van der Waals surface area contributed by atoms with Gasteiger partial charge in [-0.05, 0) is 113 Å². The summed E-state index contributed by atoms with van der Waals surface area (Å²) in [4.78, 5) is 0. The summed E-state index contributed by atoms with van der Waals surface area (Å²) in [6, 6.07) is 6.97. The minimum atomic E-state index is -2.86. The van der Waals surface area contributed by atoms with Gasteiger partial charge in [-0.25, -0.2) is 26.3 Å². The first-order valence-corrected chi connectivity index (χ1v) is 16.3. The van der Waals surface area contributed by atoms with Crippen LogP contribution in [0.4, 0.5) is 26.3 Å². The zero-order valence-electron chi connectivity index (χ0n) is 29.4. The summed E-state index contributed by atoms with van der Waals surface area (Å²) in [6.45, 7) is 23.7. The van der Waals surface area contributed by atoms with Crippen LogP contribution in [0.3, 0.4) is 0 Å². The Morgan fingerprint density at radius 3 is 1.15 bits per heavy atom. The minimum Gasteiger partial charge on any atom is -0.405 e. The monoisotopic (exact) mass is 750 g/mol. The van der Waals surface area contributed by atoms with Crippen LogP contribution in [0.5, 0.6) is 0 Å². The van der Waals surface area contributed by atoms with Crippen LogP contribution < -0.4 is 5.46 Å². The van der Waals surface area contributed by atoms with Crippen LogP contribution in [-0.2, 0) is 27.9 Å². The fourth-order valence-corrected chi connectivity index (χ4v) is 4.92. The van der Waals surface area contributed by atoms with Gasteiger partial charge in [0.2, 0.25) is 0 Å². The Hall–Kier alpha value is -1.55. The van der Waals surface area contributed by atoms with E-state index in [0.29, 0.717) is 9.94 Å². The largest absolute Gasteiger partial charge is 0.494 e. The molecule has 0 unspecified atom stereocenters. The summed E-state index contributed by atoms with van der Waals surface area (Å²) in [5, 5.41) is 0. The van der Waals surface area contributed by atoms with Crippen molar-refractivity contribution in [1.29, 1.82) is 0 Å². The van der Waals surface area contributed by atoms with Crippen molar-refractivity contribution >= 4 is 42.5 Å². The number of benzene rings is 2. The maximum Gasteiger partial charge on any atom is 0.494 e. The minimum absolute atomic E-state index is 0.360. The van der Waals surface area contributed by atoms with Crippen molar-refractivity contribution in [3.8, 4) is 0 Å². The first kappa shape index (κ1) is 40.9. The van der Waals surface area contributed by atoms with Crippen LogP contribution >= 0.6 is 15.9 Å². The Balaban J connectivity index is 0.000000203. The zero-order chi connectivity index (χ0) is 36.8. The lowest BCUT2D eigenvalue weighted by atomic mass is 9.49. The van der Waals surface area contributed by atoms with Gasteiger partial charge in [0.25, 0.3) is 12.9 Å². The third kappa shape index (κ3) is 8.84. The molecule has 0 bridgehead atoms. The first-order valence-electron chi connectivity index (χ1n) is 15.5. The quantitative estimate of drug-likeness (QED) is 0.230. The molecule has 3 aliphatic rings. The van der Waals surface area contributed by atoms with Gasteiger partial charge in [-0.2, -0.15) is 0 Å². The lowest BCUT2D eigenvalue weighted by Gasteiger charge is -2.32. The van der Waals surface area contributed by atoms with Crippen LogP contribution in [0.1, 0.15) is 107 Å². The summed E-state index contributed by atoms with van der Waals surface area (Å²) in [7, 11) is -1.71. The van der Waals surface area contributed by atoms with Gasteiger partial charge in [0, 0.05) is 4.47 Å². The molecule has 48 heavy (non-hydrogen) atoms. The van der Waals surface area contributed by atoms with Crippen LogP contribution in [-0.4, -0.2) is 54.7 Å². The molecule has 0 N–H and O–H groups in total. The maximum absolute atomic E-state index is 13.2. The van der Waals surface area contributed by atoms with Crippen molar-refractivity contribution < 1.29 is 54.3 Å². The second kappa shape index (κ2) is 14.2. The molecule has 6 nitrogen and oxygen atoms in total. The number of rotatable bonds is 4. The molecule has 0 aromatic heterocycles. The van der Waals surface area contributed by atoms with Crippen molar-refractivity contribution in [3.05, 3.63) is 63.6 Å². The van der Waals surface area contributed by atoms with Gasteiger partial charge in [0.15, 0.2) is 0 Å². The van der Waals surface area contributed by atoms with E-state index in [0.717, 1.165) is 24.3 Å². The summed E-state index contributed by atoms with van der Waals surface area (Å²) in [5.41, 5.74) is -3.36. The highest BCUT2D eigenvalue weighted by atomic mass is 79.9. The molecule has 16 heteroatoms. The van der Waals surface area contributed by atoms with Crippen LogP contribution in [0, 0.1) is 11.6 Å². The molecule has 3 aliphatic heterocycles. The van der Waals surface area contributed by atoms with Crippen LogP contribution in [0.25, 0.3) is 0 Å². The second-order valence-corrected chi connectivity index (χ2v) is 15.8. The molecule has 266 valence electrons. The fraction of sp³-hybridized carbons (Fsp3) is 0.625. The van der Waals surface area contributed by atoms with Gasteiger partial charge in [-0.1, -0.05) is 28.1 Å². The van der Waals surface area contributed by atoms with E-state index in [1.165, 1.54) is 12.1 Å². The molecule has 2 aromatic rings. The van der Waals surface area contributed by atoms with E-state index in [-0.39, 0.29) is 22.4 Å². The third-order valence-electron chi connectivity index (χ3n) is 9.74. The maximum atomic E-state index is 13.2. The van der Waals surface area contributed by atoms with E-state index in [4.69, 9.17) is 27.9 Å². The lowest BCUT2D eigenvalue weighted by Crippen LogP contribution is -2.41. The topological polar surface area (TPSA) is 55.4 Å². The zero-order valence-corrected chi connectivity index (χ0v) is 31.0. The molecule has 3 heterocycles. The van der Waals surface area contributed by atoms with Gasteiger partial charge in [0.05, 0.1) is 44.7 Å². The lowest BCUT2D eigenvalue weighted by molar-refractivity contribution is 0.00578. The smallest absolute Gasteiger partial charge is 0.405 e. The molecule has 0 atom stereocenters. The molecule has 0 spiro atoms. The Morgan fingerprint density at radius 2 is 0.812 bits per heavy atom. The Bertz CT molecular complexity index is 1360. The normalized spacial score (nSPS) is 22.8.